The number of carbonyl (C=O) groups is 1. The highest BCUT2D eigenvalue weighted by Crippen LogP contribution is 2.36. The first kappa shape index (κ1) is 27.3. The van der Waals surface area contributed by atoms with E-state index in [1.807, 2.05) is 18.2 Å². The van der Waals surface area contributed by atoms with Crippen molar-refractivity contribution < 1.29 is 4.79 Å². The number of amides is 2. The molecule has 0 radical (unpaired) electrons. The normalized spacial score (nSPS) is 17.9. The van der Waals surface area contributed by atoms with Crippen molar-refractivity contribution in [2.75, 3.05) is 25.0 Å². The predicted molar refractivity (Wildman–Crippen MR) is 160 cm³/mol. The van der Waals surface area contributed by atoms with Gasteiger partial charge in [0.25, 0.3) is 0 Å². The summed E-state index contributed by atoms with van der Waals surface area (Å²) in [6.45, 7) is 2.85. The third-order valence-corrected chi connectivity index (χ3v) is 9.12. The number of rotatable bonds is 7. The minimum atomic E-state index is -0.243. The Balaban J connectivity index is 1.28. The third-order valence-electron chi connectivity index (χ3n) is 8.14. The molecular formula is C31H34Cl3N3O. The van der Waals surface area contributed by atoms with Gasteiger partial charge in [0, 0.05) is 29.2 Å². The van der Waals surface area contributed by atoms with Crippen LogP contribution in [0.25, 0.3) is 11.1 Å². The molecule has 38 heavy (non-hydrogen) atoms. The monoisotopic (exact) mass is 569 g/mol. The molecule has 0 aromatic heterocycles. The zero-order valence-electron chi connectivity index (χ0n) is 21.4. The van der Waals surface area contributed by atoms with E-state index >= 15 is 0 Å². The quantitative estimate of drug-likeness (QED) is 0.298. The predicted octanol–water partition coefficient (Wildman–Crippen LogP) is 8.87. The van der Waals surface area contributed by atoms with Crippen molar-refractivity contribution >= 4 is 46.5 Å². The number of anilines is 1. The number of nitrogens with zero attached hydrogens (tertiary/aromatic N) is 1. The minimum Gasteiger partial charge on any atom is -0.337 e. The maximum absolute atomic E-state index is 12.8. The number of hydrogen-bond acceptors (Lipinski definition) is 2. The number of halogens is 3. The number of carbonyl (C=O) groups excluding carboxylic acids is 1. The second-order valence-corrected chi connectivity index (χ2v) is 11.8. The topological polar surface area (TPSA) is 44.4 Å². The molecule has 2 aliphatic rings. The van der Waals surface area contributed by atoms with E-state index in [4.69, 9.17) is 34.8 Å². The fourth-order valence-electron chi connectivity index (χ4n) is 6.06. The van der Waals surface area contributed by atoms with Crippen LogP contribution < -0.4 is 10.6 Å². The summed E-state index contributed by atoms with van der Waals surface area (Å²) in [6.07, 6.45) is 7.71. The molecule has 1 saturated carbocycles. The van der Waals surface area contributed by atoms with Crippen molar-refractivity contribution in [2.45, 2.75) is 50.5 Å². The Morgan fingerprint density at radius 2 is 1.58 bits per heavy atom. The third kappa shape index (κ3) is 6.84. The maximum Gasteiger partial charge on any atom is 0.319 e. The van der Waals surface area contributed by atoms with Crippen LogP contribution in [0.3, 0.4) is 0 Å². The Hall–Kier alpha value is -2.24. The molecule has 1 atom stereocenters. The van der Waals surface area contributed by atoms with Gasteiger partial charge in [-0.05, 0) is 91.7 Å². The lowest BCUT2D eigenvalue weighted by molar-refractivity contribution is 0.123. The minimum absolute atomic E-state index is 0.230. The van der Waals surface area contributed by atoms with Gasteiger partial charge in [-0.15, -0.1) is 0 Å². The molecule has 0 spiro atoms. The Morgan fingerprint density at radius 3 is 2.26 bits per heavy atom. The smallest absolute Gasteiger partial charge is 0.319 e. The molecule has 1 unspecified atom stereocenters. The van der Waals surface area contributed by atoms with Crippen molar-refractivity contribution in [1.82, 2.24) is 10.2 Å². The molecule has 3 aromatic carbocycles. The molecule has 1 saturated heterocycles. The highest BCUT2D eigenvalue weighted by molar-refractivity contribution is 6.42. The van der Waals surface area contributed by atoms with Crippen LogP contribution in [0.15, 0.2) is 66.7 Å². The van der Waals surface area contributed by atoms with E-state index in [1.165, 1.54) is 31.2 Å². The Morgan fingerprint density at radius 1 is 0.842 bits per heavy atom. The number of benzene rings is 3. The first-order valence-corrected chi connectivity index (χ1v) is 14.7. The van der Waals surface area contributed by atoms with E-state index in [0.29, 0.717) is 28.2 Å². The van der Waals surface area contributed by atoms with Gasteiger partial charge in [0.2, 0.25) is 0 Å². The molecule has 7 heteroatoms. The molecule has 2 N–H and O–H groups in total. The van der Waals surface area contributed by atoms with Gasteiger partial charge in [-0.2, -0.15) is 0 Å². The molecular weight excluding hydrogens is 537 g/mol. The van der Waals surface area contributed by atoms with Gasteiger partial charge in [0.1, 0.15) is 0 Å². The van der Waals surface area contributed by atoms with Crippen molar-refractivity contribution in [3.8, 4) is 11.1 Å². The van der Waals surface area contributed by atoms with Crippen LogP contribution in [-0.2, 0) is 0 Å². The van der Waals surface area contributed by atoms with Crippen molar-refractivity contribution in [3.05, 3.63) is 87.4 Å². The van der Waals surface area contributed by atoms with E-state index in [9.17, 15) is 4.79 Å². The average Bonchev–Trinajstić information content (AvgIpc) is 3.47. The molecule has 200 valence electrons. The fraction of sp³-hybridized carbons (Fsp3) is 0.387. The Labute approximate surface area is 240 Å². The molecule has 0 bridgehead atoms. The zero-order chi connectivity index (χ0) is 26.5. The van der Waals surface area contributed by atoms with Gasteiger partial charge in [-0.25, -0.2) is 4.79 Å². The summed E-state index contributed by atoms with van der Waals surface area (Å²) in [4.78, 5) is 15.5. The molecule has 4 nitrogen and oxygen atoms in total. The van der Waals surface area contributed by atoms with Crippen LogP contribution >= 0.6 is 34.8 Å². The Kier molecular flexibility index (Phi) is 9.16. The zero-order valence-corrected chi connectivity index (χ0v) is 23.7. The van der Waals surface area contributed by atoms with E-state index in [2.05, 4.69) is 45.9 Å². The number of likely N-dealkylation sites (tertiary alicyclic amines) is 1. The van der Waals surface area contributed by atoms with Gasteiger partial charge < -0.3 is 15.5 Å². The summed E-state index contributed by atoms with van der Waals surface area (Å²) >= 11 is 18.3. The average molecular weight is 571 g/mol. The standard InChI is InChI=1S/C31H34Cl3N3O/c32-25-5-3-4-24(18-25)21-8-10-22(11-9-21)28(23-14-16-37(17-15-23)27-6-1-2-7-27)20-35-31(38)36-26-12-13-29(33)30(34)19-26/h3-5,8-13,18-19,23,27-28H,1-2,6-7,14-17,20H2,(H2,35,36,38). The number of urea groups is 1. The maximum atomic E-state index is 12.8. The molecule has 2 amide bonds. The first-order valence-electron chi connectivity index (χ1n) is 13.6. The molecule has 5 rings (SSSR count). The Bertz CT molecular complexity index is 1240. The van der Waals surface area contributed by atoms with Crippen LogP contribution in [-0.4, -0.2) is 36.6 Å². The van der Waals surface area contributed by atoms with Gasteiger partial charge in [-0.3, -0.25) is 0 Å². The highest BCUT2D eigenvalue weighted by atomic mass is 35.5. The molecule has 2 fully saturated rings. The summed E-state index contributed by atoms with van der Waals surface area (Å²) in [5.41, 5.74) is 4.11. The lowest BCUT2D eigenvalue weighted by Gasteiger charge is -2.39. The largest absolute Gasteiger partial charge is 0.337 e. The van der Waals surface area contributed by atoms with Gasteiger partial charge in [-0.1, -0.05) is 84.0 Å². The summed E-state index contributed by atoms with van der Waals surface area (Å²) in [5.74, 6) is 0.739. The summed E-state index contributed by atoms with van der Waals surface area (Å²) in [7, 11) is 0. The summed E-state index contributed by atoms with van der Waals surface area (Å²) in [5, 5.41) is 7.62. The van der Waals surface area contributed by atoms with Crippen LogP contribution in [0.4, 0.5) is 10.5 Å². The number of piperidine rings is 1. The molecule has 3 aromatic rings. The lowest BCUT2D eigenvalue weighted by atomic mass is 9.79. The van der Waals surface area contributed by atoms with Crippen molar-refractivity contribution in [2.24, 2.45) is 5.92 Å². The van der Waals surface area contributed by atoms with Crippen molar-refractivity contribution in [3.63, 3.8) is 0 Å². The van der Waals surface area contributed by atoms with Crippen LogP contribution in [0.5, 0.6) is 0 Å². The van der Waals surface area contributed by atoms with E-state index in [0.717, 1.165) is 48.1 Å². The second kappa shape index (κ2) is 12.7. The second-order valence-electron chi connectivity index (χ2n) is 10.5. The van der Waals surface area contributed by atoms with E-state index < -0.39 is 0 Å². The van der Waals surface area contributed by atoms with Gasteiger partial charge >= 0.3 is 6.03 Å². The SMILES string of the molecule is O=C(NCC(c1ccc(-c2cccc(Cl)c2)cc1)C1CCN(C2CCCC2)CC1)Nc1ccc(Cl)c(Cl)c1. The summed E-state index contributed by atoms with van der Waals surface area (Å²) in [6, 6.07) is 22.3. The first-order chi connectivity index (χ1) is 18.5. The van der Waals surface area contributed by atoms with Crippen LogP contribution in [0.1, 0.15) is 50.0 Å². The number of nitrogens with one attached hydrogen (secondary N) is 2. The van der Waals surface area contributed by atoms with Crippen molar-refractivity contribution in [1.29, 1.82) is 0 Å². The number of hydrogen-bond donors (Lipinski definition) is 2. The van der Waals surface area contributed by atoms with Crippen LogP contribution in [0, 0.1) is 5.92 Å². The summed E-state index contributed by atoms with van der Waals surface area (Å²) < 4.78 is 0. The van der Waals surface area contributed by atoms with E-state index in [-0.39, 0.29) is 11.9 Å². The van der Waals surface area contributed by atoms with Gasteiger partial charge in [0.05, 0.1) is 10.0 Å². The molecule has 1 aliphatic heterocycles. The van der Waals surface area contributed by atoms with E-state index in [1.54, 1.807) is 18.2 Å². The fourth-order valence-corrected chi connectivity index (χ4v) is 6.54. The molecule has 1 aliphatic carbocycles. The highest BCUT2D eigenvalue weighted by Gasteiger charge is 2.31. The van der Waals surface area contributed by atoms with Gasteiger partial charge in [0.15, 0.2) is 0 Å². The molecule has 1 heterocycles. The van der Waals surface area contributed by atoms with Crippen LogP contribution in [0.2, 0.25) is 15.1 Å². The lowest BCUT2D eigenvalue weighted by Crippen LogP contribution is -2.43.